The van der Waals surface area contributed by atoms with Gasteiger partial charge in [-0.3, -0.25) is 9.59 Å². The molecule has 0 radical (unpaired) electrons. The summed E-state index contributed by atoms with van der Waals surface area (Å²) in [6.07, 6.45) is 2.46. The van der Waals surface area contributed by atoms with Crippen molar-refractivity contribution in [3.8, 4) is 0 Å². The summed E-state index contributed by atoms with van der Waals surface area (Å²) >= 11 is 3.37. The summed E-state index contributed by atoms with van der Waals surface area (Å²) in [6, 6.07) is 7.94. The number of nitrogens with zero attached hydrogens (tertiary/aromatic N) is 1. The highest BCUT2D eigenvalue weighted by molar-refractivity contribution is 9.10. The van der Waals surface area contributed by atoms with Crippen molar-refractivity contribution < 1.29 is 9.59 Å². The van der Waals surface area contributed by atoms with E-state index in [1.807, 2.05) is 24.3 Å². The van der Waals surface area contributed by atoms with Crippen LogP contribution in [0.3, 0.4) is 0 Å². The van der Waals surface area contributed by atoms with Crippen LogP contribution >= 0.6 is 15.9 Å². The number of anilines is 1. The zero-order chi connectivity index (χ0) is 13.4. The molecule has 0 spiro atoms. The van der Waals surface area contributed by atoms with Crippen LogP contribution in [0.15, 0.2) is 28.7 Å². The van der Waals surface area contributed by atoms with Crippen LogP contribution in [0.5, 0.6) is 0 Å². The van der Waals surface area contributed by atoms with Gasteiger partial charge in [-0.15, -0.1) is 0 Å². The molecule has 1 aromatic rings. The van der Waals surface area contributed by atoms with Gasteiger partial charge in [0.1, 0.15) is 0 Å². The van der Waals surface area contributed by atoms with Crippen molar-refractivity contribution in [2.45, 2.75) is 25.3 Å². The Morgan fingerprint density at radius 1 is 1.26 bits per heavy atom. The zero-order valence-corrected chi connectivity index (χ0v) is 12.0. The summed E-state index contributed by atoms with van der Waals surface area (Å²) < 4.78 is 0.978. The van der Waals surface area contributed by atoms with E-state index in [1.165, 1.54) is 0 Å². The lowest BCUT2D eigenvalue weighted by Gasteiger charge is -2.16. The standard InChI is InChI=1S/C14H15BrN2O2/c15-10-1-5-12(6-2-10)17-8-9(7-13(17)18)14(19)16-11-3-4-11/h1-2,5-6,9,11H,3-4,7-8H2,(H,16,19). The van der Waals surface area contributed by atoms with Crippen molar-refractivity contribution in [3.05, 3.63) is 28.7 Å². The fraction of sp³-hybridized carbons (Fsp3) is 0.429. The van der Waals surface area contributed by atoms with Crippen LogP contribution in [0.4, 0.5) is 5.69 Å². The number of hydrogen-bond donors (Lipinski definition) is 1. The molecular formula is C14H15BrN2O2. The van der Waals surface area contributed by atoms with Gasteiger partial charge in [0, 0.05) is 29.2 Å². The topological polar surface area (TPSA) is 49.4 Å². The van der Waals surface area contributed by atoms with Crippen molar-refractivity contribution in [1.82, 2.24) is 5.32 Å². The van der Waals surface area contributed by atoms with Gasteiger partial charge in [0.25, 0.3) is 0 Å². The number of hydrogen-bond acceptors (Lipinski definition) is 2. The molecule has 1 aliphatic heterocycles. The van der Waals surface area contributed by atoms with Gasteiger partial charge in [-0.05, 0) is 37.1 Å². The smallest absolute Gasteiger partial charge is 0.227 e. The van der Waals surface area contributed by atoms with E-state index in [9.17, 15) is 9.59 Å². The molecule has 1 saturated heterocycles. The summed E-state index contributed by atoms with van der Waals surface area (Å²) in [5.74, 6) is -0.162. The lowest BCUT2D eigenvalue weighted by molar-refractivity contribution is -0.126. The summed E-state index contributed by atoms with van der Waals surface area (Å²) in [5, 5.41) is 2.97. The van der Waals surface area contributed by atoms with E-state index >= 15 is 0 Å². The Morgan fingerprint density at radius 2 is 1.95 bits per heavy atom. The van der Waals surface area contributed by atoms with Crippen LogP contribution in [0, 0.1) is 5.92 Å². The fourth-order valence-electron chi connectivity index (χ4n) is 2.30. The van der Waals surface area contributed by atoms with Crippen LogP contribution in [0.25, 0.3) is 0 Å². The second-order valence-electron chi connectivity index (χ2n) is 5.16. The number of benzene rings is 1. The van der Waals surface area contributed by atoms with Gasteiger partial charge in [0.2, 0.25) is 11.8 Å². The molecule has 1 atom stereocenters. The maximum absolute atomic E-state index is 12.0. The highest BCUT2D eigenvalue weighted by Gasteiger charge is 2.36. The van der Waals surface area contributed by atoms with Crippen molar-refractivity contribution in [2.24, 2.45) is 5.92 Å². The van der Waals surface area contributed by atoms with E-state index in [1.54, 1.807) is 4.90 Å². The molecule has 0 bridgehead atoms. The van der Waals surface area contributed by atoms with Gasteiger partial charge in [0.15, 0.2) is 0 Å². The third-order valence-electron chi connectivity index (χ3n) is 3.56. The van der Waals surface area contributed by atoms with Crippen molar-refractivity contribution in [1.29, 1.82) is 0 Å². The third-order valence-corrected chi connectivity index (χ3v) is 4.09. The maximum atomic E-state index is 12.0. The fourth-order valence-corrected chi connectivity index (χ4v) is 2.56. The zero-order valence-electron chi connectivity index (χ0n) is 10.4. The molecule has 1 heterocycles. The number of nitrogens with one attached hydrogen (secondary N) is 1. The van der Waals surface area contributed by atoms with Crippen molar-refractivity contribution in [3.63, 3.8) is 0 Å². The molecular weight excluding hydrogens is 308 g/mol. The first-order valence-electron chi connectivity index (χ1n) is 6.50. The highest BCUT2D eigenvalue weighted by Crippen LogP contribution is 2.27. The average molecular weight is 323 g/mol. The minimum Gasteiger partial charge on any atom is -0.353 e. The quantitative estimate of drug-likeness (QED) is 0.926. The normalized spacial score (nSPS) is 22.7. The number of carbonyl (C=O) groups excluding carboxylic acids is 2. The summed E-state index contributed by atoms with van der Waals surface area (Å²) in [5.41, 5.74) is 0.856. The minimum atomic E-state index is -0.211. The summed E-state index contributed by atoms with van der Waals surface area (Å²) in [4.78, 5) is 25.7. The van der Waals surface area contributed by atoms with E-state index in [2.05, 4.69) is 21.2 Å². The molecule has 19 heavy (non-hydrogen) atoms. The van der Waals surface area contributed by atoms with Crippen LogP contribution in [0.2, 0.25) is 0 Å². The summed E-state index contributed by atoms with van der Waals surface area (Å²) in [6.45, 7) is 0.485. The first kappa shape index (κ1) is 12.7. The monoisotopic (exact) mass is 322 g/mol. The SMILES string of the molecule is O=C(NC1CC1)C1CC(=O)N(c2ccc(Br)cc2)C1. The van der Waals surface area contributed by atoms with Crippen LogP contribution in [0.1, 0.15) is 19.3 Å². The Labute approximate surface area is 120 Å². The van der Waals surface area contributed by atoms with Crippen LogP contribution < -0.4 is 10.2 Å². The largest absolute Gasteiger partial charge is 0.353 e. The van der Waals surface area contributed by atoms with Gasteiger partial charge in [-0.25, -0.2) is 0 Å². The molecule has 1 N–H and O–H groups in total. The second-order valence-corrected chi connectivity index (χ2v) is 6.08. The molecule has 2 aliphatic rings. The first-order valence-corrected chi connectivity index (χ1v) is 7.29. The van der Waals surface area contributed by atoms with Gasteiger partial charge >= 0.3 is 0 Å². The predicted molar refractivity (Wildman–Crippen MR) is 75.8 cm³/mol. The van der Waals surface area contributed by atoms with Gasteiger partial charge in [0.05, 0.1) is 5.92 Å². The minimum absolute atomic E-state index is 0.0236. The van der Waals surface area contributed by atoms with E-state index in [0.717, 1.165) is 23.0 Å². The van der Waals surface area contributed by atoms with E-state index < -0.39 is 0 Å². The molecule has 2 amide bonds. The number of amides is 2. The van der Waals surface area contributed by atoms with Crippen LogP contribution in [-0.2, 0) is 9.59 Å². The molecule has 1 unspecified atom stereocenters. The molecule has 4 nitrogen and oxygen atoms in total. The van der Waals surface area contributed by atoms with Gasteiger partial charge in [-0.2, -0.15) is 0 Å². The highest BCUT2D eigenvalue weighted by atomic mass is 79.9. The molecule has 5 heteroatoms. The molecule has 100 valence electrons. The van der Waals surface area contributed by atoms with Crippen molar-refractivity contribution >= 4 is 33.4 Å². The maximum Gasteiger partial charge on any atom is 0.227 e. The number of carbonyl (C=O) groups is 2. The third kappa shape index (κ3) is 2.81. The Morgan fingerprint density at radius 3 is 2.58 bits per heavy atom. The molecule has 3 rings (SSSR count). The Balaban J connectivity index is 1.68. The number of rotatable bonds is 3. The van der Waals surface area contributed by atoms with E-state index in [4.69, 9.17) is 0 Å². The Bertz CT molecular complexity index is 511. The molecule has 1 aliphatic carbocycles. The van der Waals surface area contributed by atoms with Gasteiger partial charge in [-0.1, -0.05) is 15.9 Å². The van der Waals surface area contributed by atoms with Gasteiger partial charge < -0.3 is 10.2 Å². The number of halogens is 1. The Hall–Kier alpha value is -1.36. The molecule has 1 saturated carbocycles. The summed E-state index contributed by atoms with van der Waals surface area (Å²) in [7, 11) is 0. The Kier molecular flexibility index (Phi) is 3.31. The first-order chi connectivity index (χ1) is 9.13. The lowest BCUT2D eigenvalue weighted by Crippen LogP contribution is -2.34. The van der Waals surface area contributed by atoms with Crippen LogP contribution in [-0.4, -0.2) is 24.4 Å². The lowest BCUT2D eigenvalue weighted by atomic mass is 10.1. The second kappa shape index (κ2) is 4.96. The molecule has 0 aromatic heterocycles. The van der Waals surface area contributed by atoms with E-state index in [-0.39, 0.29) is 17.7 Å². The van der Waals surface area contributed by atoms with E-state index in [0.29, 0.717) is 19.0 Å². The van der Waals surface area contributed by atoms with Crippen molar-refractivity contribution in [2.75, 3.05) is 11.4 Å². The average Bonchev–Trinajstić information content (AvgIpc) is 3.11. The predicted octanol–water partition coefficient (Wildman–Crippen LogP) is 2.08. The molecule has 1 aromatic carbocycles. The molecule has 2 fully saturated rings.